The molecule has 0 aromatic rings. The van der Waals surface area contributed by atoms with Gasteiger partial charge in [-0.25, -0.2) is 9.59 Å². The molecule has 0 unspecified atom stereocenters. The van der Waals surface area contributed by atoms with E-state index in [0.717, 1.165) is 25.7 Å². The second-order valence-electron chi connectivity index (χ2n) is 7.23. The predicted molar refractivity (Wildman–Crippen MR) is 95.2 cm³/mol. The molecule has 0 bridgehead atoms. The summed E-state index contributed by atoms with van der Waals surface area (Å²) in [5.74, 6) is -0.867. The van der Waals surface area contributed by atoms with E-state index >= 15 is 0 Å². The summed E-state index contributed by atoms with van der Waals surface area (Å²) in [5, 5.41) is 4.95. The molecule has 9 heteroatoms. The third-order valence-corrected chi connectivity index (χ3v) is 6.76. The van der Waals surface area contributed by atoms with E-state index in [9.17, 15) is 19.2 Å². The lowest BCUT2D eigenvalue weighted by molar-refractivity contribution is -0.156. The van der Waals surface area contributed by atoms with Gasteiger partial charge in [-0.1, -0.05) is 19.3 Å². The number of carbonyl (C=O) groups excluding carboxylic acids is 4. The standard InChI is InChI=1S/C17H25N3O5S/c1-17-8-7-14(22)20(17)12(10-26-17)15(23)25-9-13(21)19-16(24)18-11-5-3-2-4-6-11/h11-12H,2-10H2,1H3,(H2,18,19,21,24)/t12-,17+/m1/s1. The monoisotopic (exact) mass is 383 g/mol. The topological polar surface area (TPSA) is 105 Å². The summed E-state index contributed by atoms with van der Waals surface area (Å²) >= 11 is 1.56. The van der Waals surface area contributed by atoms with Crippen molar-refractivity contribution in [2.45, 2.75) is 68.8 Å². The molecule has 0 aromatic heterocycles. The molecule has 2 N–H and O–H groups in total. The minimum absolute atomic E-state index is 0.0595. The summed E-state index contributed by atoms with van der Waals surface area (Å²) in [4.78, 5) is 49.2. The lowest BCUT2D eigenvalue weighted by atomic mass is 9.96. The average molecular weight is 383 g/mol. The van der Waals surface area contributed by atoms with E-state index in [-0.39, 0.29) is 16.8 Å². The Balaban J connectivity index is 1.42. The molecule has 2 atom stereocenters. The third kappa shape index (κ3) is 4.13. The first-order valence-electron chi connectivity index (χ1n) is 9.12. The number of hydrogen-bond donors (Lipinski definition) is 2. The number of carbonyl (C=O) groups is 4. The van der Waals surface area contributed by atoms with Crippen LogP contribution < -0.4 is 10.6 Å². The summed E-state index contributed by atoms with van der Waals surface area (Å²) in [5.41, 5.74) is 0. The van der Waals surface area contributed by atoms with Gasteiger partial charge in [-0.05, 0) is 26.2 Å². The largest absolute Gasteiger partial charge is 0.454 e. The molecule has 0 aromatic carbocycles. The van der Waals surface area contributed by atoms with Crippen LogP contribution in [0.5, 0.6) is 0 Å². The van der Waals surface area contributed by atoms with Crippen molar-refractivity contribution in [2.24, 2.45) is 0 Å². The van der Waals surface area contributed by atoms with E-state index in [1.165, 1.54) is 6.42 Å². The molecule has 2 aliphatic heterocycles. The fraction of sp³-hybridized carbons (Fsp3) is 0.765. The quantitative estimate of drug-likeness (QED) is 0.706. The van der Waals surface area contributed by atoms with Gasteiger partial charge in [0.1, 0.15) is 6.04 Å². The maximum absolute atomic E-state index is 12.3. The van der Waals surface area contributed by atoms with Crippen molar-refractivity contribution in [1.82, 2.24) is 15.5 Å². The van der Waals surface area contributed by atoms with Crippen LogP contribution in [0.4, 0.5) is 4.79 Å². The first kappa shape index (κ1) is 19.0. The predicted octanol–water partition coefficient (Wildman–Crippen LogP) is 1.14. The van der Waals surface area contributed by atoms with Gasteiger partial charge in [0, 0.05) is 18.2 Å². The number of esters is 1. The number of imide groups is 1. The van der Waals surface area contributed by atoms with Crippen molar-refractivity contribution < 1.29 is 23.9 Å². The highest BCUT2D eigenvalue weighted by Gasteiger charge is 2.53. The van der Waals surface area contributed by atoms with Crippen molar-refractivity contribution >= 4 is 35.6 Å². The Bertz CT molecular complexity index is 607. The lowest BCUT2D eigenvalue weighted by Crippen LogP contribution is -2.48. The van der Waals surface area contributed by atoms with Gasteiger partial charge in [-0.3, -0.25) is 14.9 Å². The van der Waals surface area contributed by atoms with E-state index < -0.39 is 30.6 Å². The van der Waals surface area contributed by atoms with Gasteiger partial charge >= 0.3 is 12.0 Å². The molecule has 2 saturated heterocycles. The van der Waals surface area contributed by atoms with E-state index in [0.29, 0.717) is 18.6 Å². The second kappa shape index (κ2) is 7.85. The molecule has 3 rings (SSSR count). The zero-order chi connectivity index (χ0) is 18.7. The lowest BCUT2D eigenvalue weighted by Gasteiger charge is -2.29. The van der Waals surface area contributed by atoms with Crippen LogP contribution >= 0.6 is 11.8 Å². The molecule has 3 aliphatic rings. The first-order chi connectivity index (χ1) is 12.4. The second-order valence-corrected chi connectivity index (χ2v) is 8.73. The zero-order valence-corrected chi connectivity index (χ0v) is 15.7. The Labute approximate surface area is 156 Å². The molecule has 4 amide bonds. The molecule has 1 aliphatic carbocycles. The number of nitrogens with zero attached hydrogens (tertiary/aromatic N) is 1. The fourth-order valence-electron chi connectivity index (χ4n) is 3.86. The van der Waals surface area contributed by atoms with Gasteiger partial charge in [0.05, 0.1) is 4.87 Å². The van der Waals surface area contributed by atoms with Gasteiger partial charge in [0.2, 0.25) is 5.91 Å². The van der Waals surface area contributed by atoms with Crippen molar-refractivity contribution in [3.8, 4) is 0 Å². The van der Waals surface area contributed by atoms with Crippen LogP contribution in [0.2, 0.25) is 0 Å². The van der Waals surface area contributed by atoms with Crippen molar-refractivity contribution in [1.29, 1.82) is 0 Å². The number of rotatable bonds is 4. The van der Waals surface area contributed by atoms with E-state index in [2.05, 4.69) is 10.6 Å². The van der Waals surface area contributed by atoms with Crippen LogP contribution in [0.3, 0.4) is 0 Å². The van der Waals surface area contributed by atoms with E-state index in [4.69, 9.17) is 4.74 Å². The highest BCUT2D eigenvalue weighted by molar-refractivity contribution is 8.01. The number of fused-ring (bicyclic) bond motifs is 1. The van der Waals surface area contributed by atoms with Gasteiger partial charge in [-0.15, -0.1) is 11.8 Å². The summed E-state index contributed by atoms with van der Waals surface area (Å²) in [7, 11) is 0. The number of urea groups is 1. The number of amides is 4. The maximum Gasteiger partial charge on any atom is 0.330 e. The van der Waals surface area contributed by atoms with Crippen LogP contribution in [0.25, 0.3) is 0 Å². The Kier molecular flexibility index (Phi) is 5.74. The molecule has 26 heavy (non-hydrogen) atoms. The van der Waals surface area contributed by atoms with Crippen molar-refractivity contribution in [3.05, 3.63) is 0 Å². The number of ether oxygens (including phenoxy) is 1. The van der Waals surface area contributed by atoms with Gasteiger partial charge in [0.15, 0.2) is 6.61 Å². The maximum atomic E-state index is 12.3. The molecule has 1 saturated carbocycles. The molecular formula is C17H25N3O5S. The van der Waals surface area contributed by atoms with Crippen molar-refractivity contribution in [3.63, 3.8) is 0 Å². The Morgan fingerprint density at radius 3 is 2.73 bits per heavy atom. The molecule has 3 fully saturated rings. The summed E-state index contributed by atoms with van der Waals surface area (Å²) in [6.07, 6.45) is 6.29. The summed E-state index contributed by atoms with van der Waals surface area (Å²) in [6, 6.07) is -1.13. The number of nitrogens with one attached hydrogen (secondary N) is 2. The van der Waals surface area contributed by atoms with Crippen molar-refractivity contribution in [2.75, 3.05) is 12.4 Å². The van der Waals surface area contributed by atoms with Gasteiger partial charge in [-0.2, -0.15) is 0 Å². The highest BCUT2D eigenvalue weighted by Crippen LogP contribution is 2.47. The number of hydrogen-bond acceptors (Lipinski definition) is 6. The average Bonchev–Trinajstić information content (AvgIpc) is 3.10. The normalized spacial score (nSPS) is 28.6. The van der Waals surface area contributed by atoms with Crippen LogP contribution in [0.1, 0.15) is 51.9 Å². The highest BCUT2D eigenvalue weighted by atomic mass is 32.2. The van der Waals surface area contributed by atoms with Crippen LogP contribution in [0.15, 0.2) is 0 Å². The van der Waals surface area contributed by atoms with E-state index in [1.54, 1.807) is 16.7 Å². The van der Waals surface area contributed by atoms with E-state index in [1.807, 2.05) is 6.92 Å². The zero-order valence-electron chi connectivity index (χ0n) is 14.9. The molecular weight excluding hydrogens is 358 g/mol. The Morgan fingerprint density at radius 2 is 2.00 bits per heavy atom. The van der Waals surface area contributed by atoms with Gasteiger partial charge < -0.3 is 15.0 Å². The third-order valence-electron chi connectivity index (χ3n) is 5.26. The SMILES string of the molecule is C[C@]12CCC(=O)N1[C@@H](C(=O)OCC(=O)NC(=O)NC1CCCCC1)CS2. The number of thioether (sulfide) groups is 1. The summed E-state index contributed by atoms with van der Waals surface area (Å²) in [6.45, 7) is 1.41. The van der Waals surface area contributed by atoms with Crippen LogP contribution in [0, 0.1) is 0 Å². The summed E-state index contributed by atoms with van der Waals surface area (Å²) < 4.78 is 5.04. The van der Waals surface area contributed by atoms with Crippen LogP contribution in [-0.2, 0) is 19.1 Å². The molecule has 0 radical (unpaired) electrons. The fourth-order valence-corrected chi connectivity index (χ4v) is 5.28. The minimum Gasteiger partial charge on any atom is -0.454 e. The molecule has 144 valence electrons. The molecule has 8 nitrogen and oxygen atoms in total. The first-order valence-corrected chi connectivity index (χ1v) is 10.1. The Hall–Kier alpha value is -1.77. The molecule has 0 spiro atoms. The van der Waals surface area contributed by atoms with Gasteiger partial charge in [0.25, 0.3) is 5.91 Å². The molecule has 2 heterocycles. The van der Waals surface area contributed by atoms with Crippen LogP contribution in [-0.4, -0.2) is 58.0 Å². The Morgan fingerprint density at radius 1 is 1.27 bits per heavy atom. The smallest absolute Gasteiger partial charge is 0.330 e. The minimum atomic E-state index is -0.673.